The molecule has 2 aliphatic rings. The fraction of sp³-hybridized carbons (Fsp3) is 0.933. The minimum Gasteiger partial charge on any atom is -0.353 e. The van der Waals surface area contributed by atoms with Crippen molar-refractivity contribution in [3.63, 3.8) is 0 Å². The molecular formula is C15H28N2O. The molecule has 104 valence electrons. The van der Waals surface area contributed by atoms with E-state index in [1.165, 1.54) is 38.5 Å². The Morgan fingerprint density at radius 1 is 1.11 bits per heavy atom. The predicted molar refractivity (Wildman–Crippen MR) is 74.1 cm³/mol. The summed E-state index contributed by atoms with van der Waals surface area (Å²) in [5.41, 5.74) is 5.93. The van der Waals surface area contributed by atoms with E-state index in [0.717, 1.165) is 19.3 Å². The van der Waals surface area contributed by atoms with Gasteiger partial charge >= 0.3 is 0 Å². The van der Waals surface area contributed by atoms with Crippen LogP contribution in [0.25, 0.3) is 0 Å². The minimum atomic E-state index is 0.226. The maximum absolute atomic E-state index is 12.2. The highest BCUT2D eigenvalue weighted by Gasteiger charge is 2.32. The van der Waals surface area contributed by atoms with Crippen LogP contribution in [0.3, 0.4) is 0 Å². The van der Waals surface area contributed by atoms with Gasteiger partial charge in [-0.2, -0.15) is 0 Å². The summed E-state index contributed by atoms with van der Waals surface area (Å²) in [5.74, 6) is 1.07. The van der Waals surface area contributed by atoms with Crippen molar-refractivity contribution in [1.29, 1.82) is 0 Å². The summed E-state index contributed by atoms with van der Waals surface area (Å²) in [6.07, 6.45) is 10.7. The quantitative estimate of drug-likeness (QED) is 0.759. The first-order valence-corrected chi connectivity index (χ1v) is 7.72. The molecular weight excluding hydrogens is 224 g/mol. The topological polar surface area (TPSA) is 55.1 Å². The highest BCUT2D eigenvalue weighted by Crippen LogP contribution is 2.32. The Labute approximate surface area is 111 Å². The van der Waals surface area contributed by atoms with Gasteiger partial charge in [0, 0.05) is 18.0 Å². The number of nitrogens with one attached hydrogen (secondary N) is 1. The molecule has 2 aliphatic carbocycles. The molecule has 0 aliphatic heterocycles. The van der Waals surface area contributed by atoms with E-state index in [1.54, 1.807) is 0 Å². The lowest BCUT2D eigenvalue weighted by molar-refractivity contribution is -0.125. The maximum Gasteiger partial charge on any atom is 0.223 e. The Bertz CT molecular complexity index is 270. The lowest BCUT2D eigenvalue weighted by Crippen LogP contribution is -2.38. The Kier molecular flexibility index (Phi) is 5.04. The molecule has 0 spiro atoms. The second-order valence-corrected chi connectivity index (χ2v) is 6.33. The minimum absolute atomic E-state index is 0.226. The highest BCUT2D eigenvalue weighted by molar-refractivity contribution is 5.79. The van der Waals surface area contributed by atoms with Crippen molar-refractivity contribution in [1.82, 2.24) is 5.32 Å². The van der Waals surface area contributed by atoms with Crippen LogP contribution >= 0.6 is 0 Å². The van der Waals surface area contributed by atoms with Gasteiger partial charge in [0.25, 0.3) is 0 Å². The maximum atomic E-state index is 12.2. The Morgan fingerprint density at radius 2 is 1.78 bits per heavy atom. The van der Waals surface area contributed by atoms with E-state index in [1.807, 2.05) is 0 Å². The van der Waals surface area contributed by atoms with Gasteiger partial charge in [0.2, 0.25) is 5.91 Å². The van der Waals surface area contributed by atoms with Crippen LogP contribution in [0, 0.1) is 11.8 Å². The zero-order chi connectivity index (χ0) is 13.0. The SMILES string of the molecule is CC(N)C1CCC(C(=O)NC2CCCCCC2)C1. The van der Waals surface area contributed by atoms with E-state index in [4.69, 9.17) is 5.73 Å². The van der Waals surface area contributed by atoms with Crippen LogP contribution in [0.1, 0.15) is 64.7 Å². The molecule has 2 saturated carbocycles. The van der Waals surface area contributed by atoms with Gasteiger partial charge in [0.05, 0.1) is 0 Å². The standard InChI is InChI=1S/C15H28N2O/c1-11(16)12-8-9-13(10-12)15(18)17-14-6-4-2-3-5-7-14/h11-14H,2-10,16H2,1H3,(H,17,18). The van der Waals surface area contributed by atoms with Crippen molar-refractivity contribution < 1.29 is 4.79 Å². The first-order valence-electron chi connectivity index (χ1n) is 7.72. The number of rotatable bonds is 3. The fourth-order valence-corrected chi connectivity index (χ4v) is 3.47. The number of hydrogen-bond acceptors (Lipinski definition) is 2. The molecule has 1 amide bonds. The van der Waals surface area contributed by atoms with Crippen LogP contribution in [0.15, 0.2) is 0 Å². The van der Waals surface area contributed by atoms with Crippen LogP contribution < -0.4 is 11.1 Å². The molecule has 0 heterocycles. The van der Waals surface area contributed by atoms with Gasteiger partial charge in [0.1, 0.15) is 0 Å². The van der Waals surface area contributed by atoms with Crippen LogP contribution in [0.5, 0.6) is 0 Å². The lowest BCUT2D eigenvalue weighted by Gasteiger charge is -2.19. The monoisotopic (exact) mass is 252 g/mol. The van der Waals surface area contributed by atoms with Crippen molar-refractivity contribution in [2.24, 2.45) is 17.6 Å². The molecule has 3 N–H and O–H groups in total. The summed E-state index contributed by atoms with van der Waals surface area (Å²) < 4.78 is 0. The molecule has 0 radical (unpaired) electrons. The predicted octanol–water partition coefficient (Wildman–Crippen LogP) is 2.59. The molecule has 0 aromatic rings. The average molecular weight is 252 g/mol. The van der Waals surface area contributed by atoms with Crippen molar-refractivity contribution in [2.45, 2.75) is 76.8 Å². The van der Waals surface area contributed by atoms with Crippen molar-refractivity contribution in [3.8, 4) is 0 Å². The number of carbonyl (C=O) groups is 1. The number of carbonyl (C=O) groups excluding carboxylic acids is 1. The summed E-state index contributed by atoms with van der Waals surface area (Å²) in [6, 6.07) is 0.676. The summed E-state index contributed by atoms with van der Waals surface area (Å²) in [7, 11) is 0. The molecule has 3 nitrogen and oxygen atoms in total. The average Bonchev–Trinajstić information content (AvgIpc) is 2.70. The van der Waals surface area contributed by atoms with E-state index in [9.17, 15) is 4.79 Å². The van der Waals surface area contributed by atoms with Crippen LogP contribution in [0.2, 0.25) is 0 Å². The molecule has 3 unspecified atom stereocenters. The van der Waals surface area contributed by atoms with E-state index in [2.05, 4.69) is 12.2 Å². The van der Waals surface area contributed by atoms with Crippen LogP contribution in [-0.4, -0.2) is 18.0 Å². The second kappa shape index (κ2) is 6.55. The van der Waals surface area contributed by atoms with Gasteiger partial charge in [-0.1, -0.05) is 25.7 Å². The molecule has 0 aromatic heterocycles. The highest BCUT2D eigenvalue weighted by atomic mass is 16.1. The summed E-state index contributed by atoms with van der Waals surface area (Å²) in [4.78, 5) is 12.2. The number of hydrogen-bond donors (Lipinski definition) is 2. The Hall–Kier alpha value is -0.570. The van der Waals surface area contributed by atoms with E-state index >= 15 is 0 Å². The van der Waals surface area contributed by atoms with Gasteiger partial charge in [-0.15, -0.1) is 0 Å². The Balaban J connectivity index is 1.77. The largest absolute Gasteiger partial charge is 0.353 e. The van der Waals surface area contributed by atoms with Crippen LogP contribution in [0.4, 0.5) is 0 Å². The van der Waals surface area contributed by atoms with Crippen molar-refractivity contribution in [2.75, 3.05) is 0 Å². The van der Waals surface area contributed by atoms with Crippen molar-refractivity contribution >= 4 is 5.91 Å². The molecule has 18 heavy (non-hydrogen) atoms. The molecule has 0 aromatic carbocycles. The fourth-order valence-electron chi connectivity index (χ4n) is 3.47. The van der Waals surface area contributed by atoms with Crippen molar-refractivity contribution in [3.05, 3.63) is 0 Å². The molecule has 0 bridgehead atoms. The van der Waals surface area contributed by atoms with E-state index in [0.29, 0.717) is 17.9 Å². The molecule has 2 fully saturated rings. The third-order valence-electron chi connectivity index (χ3n) is 4.79. The first-order chi connectivity index (χ1) is 8.66. The number of nitrogens with two attached hydrogens (primary N) is 1. The molecule has 0 saturated heterocycles. The molecule has 3 atom stereocenters. The van der Waals surface area contributed by atoms with Gasteiger partial charge in [-0.05, 0) is 44.9 Å². The van der Waals surface area contributed by atoms with Gasteiger partial charge < -0.3 is 11.1 Å². The smallest absolute Gasteiger partial charge is 0.223 e. The summed E-state index contributed by atoms with van der Waals surface area (Å²) in [6.45, 7) is 2.07. The summed E-state index contributed by atoms with van der Waals surface area (Å²) >= 11 is 0. The van der Waals surface area contributed by atoms with Gasteiger partial charge in [-0.25, -0.2) is 0 Å². The number of amides is 1. The first kappa shape index (κ1) is 13.9. The zero-order valence-electron chi connectivity index (χ0n) is 11.7. The van der Waals surface area contributed by atoms with Gasteiger partial charge in [-0.3, -0.25) is 4.79 Å². The molecule has 3 heteroatoms. The summed E-state index contributed by atoms with van der Waals surface area (Å²) in [5, 5.41) is 3.28. The Morgan fingerprint density at radius 3 is 2.33 bits per heavy atom. The van der Waals surface area contributed by atoms with Crippen LogP contribution in [-0.2, 0) is 4.79 Å². The third kappa shape index (κ3) is 3.71. The van der Waals surface area contributed by atoms with Gasteiger partial charge in [0.15, 0.2) is 0 Å². The normalized spacial score (nSPS) is 31.9. The lowest BCUT2D eigenvalue weighted by atomic mass is 9.98. The zero-order valence-corrected chi connectivity index (χ0v) is 11.7. The third-order valence-corrected chi connectivity index (χ3v) is 4.79. The molecule has 2 rings (SSSR count). The second-order valence-electron chi connectivity index (χ2n) is 6.33. The van der Waals surface area contributed by atoms with E-state index in [-0.39, 0.29) is 12.0 Å². The van der Waals surface area contributed by atoms with E-state index < -0.39 is 0 Å².